The van der Waals surface area contributed by atoms with Crippen LogP contribution in [0, 0.1) is 0 Å². The van der Waals surface area contributed by atoms with Crippen LogP contribution in [-0.2, 0) is 16.4 Å². The molecule has 10 heteroatoms. The number of para-hydroxylation sites is 1. The van der Waals surface area contributed by atoms with Crippen LogP contribution in [0.2, 0.25) is 0 Å². The molecule has 206 valence electrons. The molecule has 1 aliphatic rings. The van der Waals surface area contributed by atoms with Gasteiger partial charge in [-0.2, -0.15) is 0 Å². The van der Waals surface area contributed by atoms with Crippen molar-refractivity contribution in [3.63, 3.8) is 0 Å². The number of sulfonamides is 1. The molecule has 1 aliphatic heterocycles. The summed E-state index contributed by atoms with van der Waals surface area (Å²) >= 11 is 0. The molecular weight excluding hydrogens is 528 g/mol. The maximum Gasteiger partial charge on any atom is 0.333 e. The molecule has 2 atom stereocenters. The fourth-order valence-electron chi connectivity index (χ4n) is 4.53. The summed E-state index contributed by atoms with van der Waals surface area (Å²) in [5, 5.41) is 16.1. The fourth-order valence-corrected chi connectivity index (χ4v) is 5.43. The number of benzene rings is 3. The highest BCUT2D eigenvalue weighted by atomic mass is 32.2. The molecule has 0 saturated carbocycles. The number of hydrogen-bond acceptors (Lipinski definition) is 7. The molecule has 0 fully saturated rings. The van der Waals surface area contributed by atoms with Gasteiger partial charge in [0.15, 0.2) is 0 Å². The Morgan fingerprint density at radius 2 is 1.77 bits per heavy atom. The molecule has 0 aliphatic carbocycles. The first-order valence-electron chi connectivity index (χ1n) is 12.9. The van der Waals surface area contributed by atoms with Gasteiger partial charge in [0.05, 0.1) is 11.0 Å². The second kappa shape index (κ2) is 12.3. The quantitative estimate of drug-likeness (QED) is 0.241. The zero-order valence-corrected chi connectivity index (χ0v) is 22.5. The van der Waals surface area contributed by atoms with Crippen molar-refractivity contribution in [3.05, 3.63) is 108 Å². The smallest absolute Gasteiger partial charge is 0.333 e. The molecule has 3 aromatic carbocycles. The number of aryl methyl sites for hydroxylation is 1. The van der Waals surface area contributed by atoms with E-state index in [0.717, 1.165) is 40.8 Å². The van der Waals surface area contributed by atoms with E-state index in [2.05, 4.69) is 21.7 Å². The first kappa shape index (κ1) is 27.3. The van der Waals surface area contributed by atoms with Crippen molar-refractivity contribution in [3.8, 4) is 16.9 Å². The topological polar surface area (TPSA) is 130 Å². The van der Waals surface area contributed by atoms with Crippen molar-refractivity contribution in [2.24, 2.45) is 0 Å². The molecule has 1 aromatic heterocycles. The van der Waals surface area contributed by atoms with Gasteiger partial charge in [0, 0.05) is 36.7 Å². The summed E-state index contributed by atoms with van der Waals surface area (Å²) in [5.74, 6) is 0.822. The standard InChI is InChI=1S/C30H30N4O5S/c35-28(24-5-4-16-31-18-24)20-32-19-26-12-8-23-17-22(11-15-29(23)39-26)21-9-13-27(14-10-21)40(37,38)34-30(36)33-25-6-2-1-3-7-25/h1-7,9-11,13-18,26,28,32,35H,8,12,19-20H2,(H2,33,34,36)/t26-,28+/m1/s1. The molecule has 0 bridgehead atoms. The first-order chi connectivity index (χ1) is 19.4. The van der Waals surface area contributed by atoms with Gasteiger partial charge >= 0.3 is 6.03 Å². The molecule has 2 heterocycles. The minimum absolute atomic E-state index is 0.00414. The van der Waals surface area contributed by atoms with Crippen LogP contribution in [0.3, 0.4) is 0 Å². The molecule has 0 radical (unpaired) electrons. The molecule has 0 spiro atoms. The van der Waals surface area contributed by atoms with Gasteiger partial charge in [-0.25, -0.2) is 17.9 Å². The fraction of sp³-hybridized carbons (Fsp3) is 0.200. The van der Waals surface area contributed by atoms with Gasteiger partial charge in [-0.1, -0.05) is 42.5 Å². The minimum Gasteiger partial charge on any atom is -0.489 e. The predicted molar refractivity (Wildman–Crippen MR) is 152 cm³/mol. The van der Waals surface area contributed by atoms with E-state index in [9.17, 15) is 18.3 Å². The van der Waals surface area contributed by atoms with Crippen molar-refractivity contribution in [1.29, 1.82) is 0 Å². The Morgan fingerprint density at radius 3 is 2.52 bits per heavy atom. The van der Waals surface area contributed by atoms with Crippen molar-refractivity contribution in [2.45, 2.75) is 29.9 Å². The zero-order valence-electron chi connectivity index (χ0n) is 21.7. The lowest BCUT2D eigenvalue weighted by atomic mass is 9.97. The van der Waals surface area contributed by atoms with E-state index in [4.69, 9.17) is 4.74 Å². The summed E-state index contributed by atoms with van der Waals surface area (Å²) in [6.07, 6.45) is 4.38. The second-order valence-electron chi connectivity index (χ2n) is 9.51. The van der Waals surface area contributed by atoms with Crippen molar-refractivity contribution in [1.82, 2.24) is 15.0 Å². The zero-order chi connectivity index (χ0) is 28.0. The van der Waals surface area contributed by atoms with E-state index >= 15 is 0 Å². The number of carbonyl (C=O) groups is 1. The monoisotopic (exact) mass is 558 g/mol. The van der Waals surface area contributed by atoms with Gasteiger partial charge in [-0.3, -0.25) is 4.98 Å². The number of amides is 2. The number of nitrogens with zero attached hydrogens (tertiary/aromatic N) is 1. The SMILES string of the molecule is O=C(Nc1ccccc1)NS(=O)(=O)c1ccc(-c2ccc3c(c2)CC[C@H](CNC[C@H](O)c2cccnc2)O3)cc1. The maximum atomic E-state index is 12.7. The maximum absolute atomic E-state index is 12.7. The van der Waals surface area contributed by atoms with Gasteiger partial charge in [-0.15, -0.1) is 0 Å². The van der Waals surface area contributed by atoms with E-state index in [-0.39, 0.29) is 11.0 Å². The lowest BCUT2D eigenvalue weighted by Gasteiger charge is -2.27. The summed E-state index contributed by atoms with van der Waals surface area (Å²) in [4.78, 5) is 16.2. The average Bonchev–Trinajstić information content (AvgIpc) is 2.97. The van der Waals surface area contributed by atoms with Gasteiger partial charge in [0.25, 0.3) is 10.0 Å². The number of carbonyl (C=O) groups excluding carboxylic acids is 1. The Morgan fingerprint density at radius 1 is 1.00 bits per heavy atom. The third-order valence-corrected chi connectivity index (χ3v) is 7.97. The van der Waals surface area contributed by atoms with E-state index in [0.29, 0.717) is 18.8 Å². The third-order valence-electron chi connectivity index (χ3n) is 6.63. The summed E-state index contributed by atoms with van der Waals surface area (Å²) in [5.41, 5.74) is 4.14. The largest absolute Gasteiger partial charge is 0.489 e. The highest BCUT2D eigenvalue weighted by molar-refractivity contribution is 7.90. The van der Waals surface area contributed by atoms with E-state index in [1.54, 1.807) is 60.9 Å². The summed E-state index contributed by atoms with van der Waals surface area (Å²) in [7, 11) is -4.03. The first-order valence-corrected chi connectivity index (χ1v) is 14.4. The number of aromatic nitrogens is 1. The molecule has 0 saturated heterocycles. The lowest BCUT2D eigenvalue weighted by Crippen LogP contribution is -2.36. The highest BCUT2D eigenvalue weighted by Crippen LogP contribution is 2.32. The number of aliphatic hydroxyl groups excluding tert-OH is 1. The summed E-state index contributed by atoms with van der Waals surface area (Å²) in [6, 6.07) is 23.7. The Labute approximate surface area is 233 Å². The Bertz CT molecular complexity index is 1550. The molecule has 0 unspecified atom stereocenters. The molecule has 40 heavy (non-hydrogen) atoms. The number of hydrogen-bond donors (Lipinski definition) is 4. The number of rotatable bonds is 9. The number of pyridine rings is 1. The Hall–Kier alpha value is -4.25. The van der Waals surface area contributed by atoms with Crippen LogP contribution < -0.4 is 20.1 Å². The van der Waals surface area contributed by atoms with Crippen LogP contribution in [0.25, 0.3) is 11.1 Å². The number of anilines is 1. The van der Waals surface area contributed by atoms with Crippen LogP contribution in [0.1, 0.15) is 23.7 Å². The predicted octanol–water partition coefficient (Wildman–Crippen LogP) is 4.28. The van der Waals surface area contributed by atoms with Crippen LogP contribution in [0.15, 0.2) is 102 Å². The lowest BCUT2D eigenvalue weighted by molar-refractivity contribution is 0.146. The van der Waals surface area contributed by atoms with Gasteiger partial charge < -0.3 is 20.5 Å². The number of aliphatic hydroxyl groups is 1. The second-order valence-corrected chi connectivity index (χ2v) is 11.2. The molecule has 4 N–H and O–H groups in total. The van der Waals surface area contributed by atoms with Crippen molar-refractivity contribution >= 4 is 21.7 Å². The van der Waals surface area contributed by atoms with Crippen LogP contribution >= 0.6 is 0 Å². The minimum atomic E-state index is -4.03. The van der Waals surface area contributed by atoms with Gasteiger partial charge in [0.2, 0.25) is 0 Å². The highest BCUT2D eigenvalue weighted by Gasteiger charge is 2.21. The number of ether oxygens (including phenoxy) is 1. The molecular formula is C30H30N4O5S. The van der Waals surface area contributed by atoms with E-state index in [1.165, 1.54) is 12.1 Å². The van der Waals surface area contributed by atoms with Crippen LogP contribution in [-0.4, -0.2) is 43.7 Å². The molecule has 2 amide bonds. The molecule has 5 rings (SSSR count). The summed E-state index contributed by atoms with van der Waals surface area (Å²) in [6.45, 7) is 1.03. The number of urea groups is 1. The van der Waals surface area contributed by atoms with Crippen molar-refractivity contribution in [2.75, 3.05) is 18.4 Å². The third kappa shape index (κ3) is 6.84. The summed E-state index contributed by atoms with van der Waals surface area (Å²) < 4.78 is 33.6. The van der Waals surface area contributed by atoms with Gasteiger partial charge in [-0.05, 0) is 72.0 Å². The van der Waals surface area contributed by atoms with Crippen LogP contribution in [0.4, 0.5) is 10.5 Å². The Kier molecular flexibility index (Phi) is 8.40. The number of nitrogens with one attached hydrogen (secondary N) is 3. The Balaban J connectivity index is 1.16. The van der Waals surface area contributed by atoms with Crippen LogP contribution in [0.5, 0.6) is 5.75 Å². The van der Waals surface area contributed by atoms with Crippen molar-refractivity contribution < 1.29 is 23.1 Å². The van der Waals surface area contributed by atoms with E-state index in [1.807, 2.05) is 22.9 Å². The molecule has 9 nitrogen and oxygen atoms in total. The van der Waals surface area contributed by atoms with Gasteiger partial charge in [0.1, 0.15) is 11.9 Å². The average molecular weight is 559 g/mol. The van der Waals surface area contributed by atoms with E-state index < -0.39 is 22.2 Å². The molecule has 4 aromatic rings. The normalized spacial score (nSPS) is 15.4. The number of fused-ring (bicyclic) bond motifs is 1.